The van der Waals surface area contributed by atoms with Gasteiger partial charge in [0.25, 0.3) is 5.91 Å². The van der Waals surface area contributed by atoms with Gasteiger partial charge in [-0.15, -0.1) is 0 Å². The summed E-state index contributed by atoms with van der Waals surface area (Å²) in [6.45, 7) is 8.53. The van der Waals surface area contributed by atoms with Gasteiger partial charge in [0.2, 0.25) is 0 Å². The summed E-state index contributed by atoms with van der Waals surface area (Å²) in [6, 6.07) is 7.99. The fraction of sp³-hybridized carbons (Fsp3) is 0.500. The van der Waals surface area contributed by atoms with Crippen molar-refractivity contribution in [1.29, 1.82) is 0 Å². The average molecular weight is 287 g/mol. The molecule has 0 aliphatic heterocycles. The topological polar surface area (TPSA) is 42.2 Å². The molecule has 0 saturated carbocycles. The summed E-state index contributed by atoms with van der Waals surface area (Å²) in [7, 11) is 0. The lowest BCUT2D eigenvalue weighted by molar-refractivity contribution is 0.0904. The van der Waals surface area contributed by atoms with E-state index in [1.54, 1.807) is 0 Å². The second-order valence-electron chi connectivity index (χ2n) is 6.24. The number of carbonyl (C=O) groups is 1. The number of hydrogen-bond donors (Lipinski definition) is 1. The van der Waals surface area contributed by atoms with E-state index in [4.69, 9.17) is 4.42 Å². The molecule has 0 spiro atoms. The summed E-state index contributed by atoms with van der Waals surface area (Å²) in [4.78, 5) is 12.4. The van der Waals surface area contributed by atoms with Gasteiger partial charge in [-0.25, -0.2) is 0 Å². The van der Waals surface area contributed by atoms with E-state index < -0.39 is 0 Å². The van der Waals surface area contributed by atoms with E-state index in [1.165, 1.54) is 5.56 Å². The van der Waals surface area contributed by atoms with Crippen LogP contribution < -0.4 is 5.32 Å². The van der Waals surface area contributed by atoms with Crippen LogP contribution in [0.1, 0.15) is 56.2 Å². The van der Waals surface area contributed by atoms with Crippen molar-refractivity contribution in [3.05, 3.63) is 35.6 Å². The van der Waals surface area contributed by atoms with E-state index in [0.29, 0.717) is 11.7 Å². The summed E-state index contributed by atoms with van der Waals surface area (Å²) < 4.78 is 5.66. The Morgan fingerprint density at radius 2 is 2.05 bits per heavy atom. The Bertz CT molecular complexity index is 613. The lowest BCUT2D eigenvalue weighted by Gasteiger charge is -2.19. The smallest absolute Gasteiger partial charge is 0.287 e. The maximum atomic E-state index is 12.4. The number of aryl methyl sites for hydroxylation is 1. The summed E-state index contributed by atoms with van der Waals surface area (Å²) in [6.07, 6.45) is 3.07. The molecular weight excluding hydrogens is 262 g/mol. The quantitative estimate of drug-likeness (QED) is 0.837. The standard InChI is InChI=1S/C18H25NO2/c1-5-6-15(9-12(2)3)19-18(20)17-11-14-10-13(4)7-8-16(14)21-17/h7-8,10-12,15H,5-6,9H2,1-4H3,(H,19,20). The molecule has 2 aromatic rings. The fourth-order valence-electron chi connectivity index (χ4n) is 2.70. The maximum absolute atomic E-state index is 12.4. The van der Waals surface area contributed by atoms with Crippen molar-refractivity contribution >= 4 is 16.9 Å². The van der Waals surface area contributed by atoms with Crippen LogP contribution in [0.25, 0.3) is 11.0 Å². The Morgan fingerprint density at radius 3 is 2.71 bits per heavy atom. The molecule has 2 rings (SSSR count). The predicted molar refractivity (Wildman–Crippen MR) is 86.6 cm³/mol. The van der Waals surface area contributed by atoms with Crippen LogP contribution in [0, 0.1) is 12.8 Å². The second kappa shape index (κ2) is 6.79. The summed E-state index contributed by atoms with van der Waals surface area (Å²) in [5.74, 6) is 0.864. The third kappa shape index (κ3) is 4.10. The minimum Gasteiger partial charge on any atom is -0.451 e. The highest BCUT2D eigenvalue weighted by molar-refractivity contribution is 5.96. The molecule has 1 heterocycles. The zero-order valence-electron chi connectivity index (χ0n) is 13.4. The van der Waals surface area contributed by atoms with Crippen molar-refractivity contribution in [3.8, 4) is 0 Å². The first kappa shape index (κ1) is 15.6. The predicted octanol–water partition coefficient (Wildman–Crippen LogP) is 4.69. The largest absolute Gasteiger partial charge is 0.451 e. The second-order valence-corrected chi connectivity index (χ2v) is 6.24. The maximum Gasteiger partial charge on any atom is 0.287 e. The van der Waals surface area contributed by atoms with Crippen LogP contribution in [-0.2, 0) is 0 Å². The van der Waals surface area contributed by atoms with E-state index in [9.17, 15) is 4.79 Å². The first-order valence-electron chi connectivity index (χ1n) is 7.80. The van der Waals surface area contributed by atoms with Crippen LogP contribution in [0.4, 0.5) is 0 Å². The van der Waals surface area contributed by atoms with E-state index in [-0.39, 0.29) is 11.9 Å². The van der Waals surface area contributed by atoms with Gasteiger partial charge in [0.1, 0.15) is 5.58 Å². The molecule has 1 atom stereocenters. The number of rotatable bonds is 6. The van der Waals surface area contributed by atoms with Crippen molar-refractivity contribution in [2.45, 2.75) is 53.0 Å². The van der Waals surface area contributed by atoms with Crippen molar-refractivity contribution in [2.75, 3.05) is 0 Å². The van der Waals surface area contributed by atoms with Gasteiger partial charge in [-0.1, -0.05) is 38.8 Å². The summed E-state index contributed by atoms with van der Waals surface area (Å²) in [5, 5.41) is 4.09. The molecule has 0 aliphatic rings. The minimum atomic E-state index is -0.108. The molecule has 0 bridgehead atoms. The van der Waals surface area contributed by atoms with Gasteiger partial charge >= 0.3 is 0 Å². The number of hydrogen-bond acceptors (Lipinski definition) is 2. The number of fused-ring (bicyclic) bond motifs is 1. The highest BCUT2D eigenvalue weighted by atomic mass is 16.3. The van der Waals surface area contributed by atoms with Crippen molar-refractivity contribution in [3.63, 3.8) is 0 Å². The van der Waals surface area contributed by atoms with Gasteiger partial charge in [-0.05, 0) is 43.9 Å². The summed E-state index contributed by atoms with van der Waals surface area (Å²) >= 11 is 0. The van der Waals surface area contributed by atoms with Crippen LogP contribution >= 0.6 is 0 Å². The molecule has 1 amide bonds. The number of carbonyl (C=O) groups excluding carboxylic acids is 1. The molecule has 3 nitrogen and oxygen atoms in total. The normalized spacial score (nSPS) is 12.8. The van der Waals surface area contributed by atoms with Crippen LogP contribution in [0.15, 0.2) is 28.7 Å². The molecule has 1 aromatic carbocycles. The van der Waals surface area contributed by atoms with E-state index >= 15 is 0 Å². The van der Waals surface area contributed by atoms with Crippen molar-refractivity contribution < 1.29 is 9.21 Å². The lowest BCUT2D eigenvalue weighted by Crippen LogP contribution is -2.35. The zero-order valence-corrected chi connectivity index (χ0v) is 13.4. The fourth-order valence-corrected chi connectivity index (χ4v) is 2.70. The van der Waals surface area contributed by atoms with Crippen molar-refractivity contribution in [2.24, 2.45) is 5.92 Å². The van der Waals surface area contributed by atoms with Crippen LogP contribution in [0.5, 0.6) is 0 Å². The molecule has 3 heteroatoms. The molecule has 21 heavy (non-hydrogen) atoms. The van der Waals surface area contributed by atoms with Crippen molar-refractivity contribution in [1.82, 2.24) is 5.32 Å². The van der Waals surface area contributed by atoms with Gasteiger partial charge in [0.05, 0.1) is 0 Å². The van der Waals surface area contributed by atoms with Gasteiger partial charge in [0, 0.05) is 11.4 Å². The monoisotopic (exact) mass is 287 g/mol. The summed E-state index contributed by atoms with van der Waals surface area (Å²) in [5.41, 5.74) is 1.93. The molecule has 1 unspecified atom stereocenters. The van der Waals surface area contributed by atoms with Gasteiger partial charge in [-0.2, -0.15) is 0 Å². The number of furan rings is 1. The van der Waals surface area contributed by atoms with Crippen LogP contribution in [0.3, 0.4) is 0 Å². The average Bonchev–Trinajstić information content (AvgIpc) is 2.81. The zero-order chi connectivity index (χ0) is 15.4. The molecule has 1 N–H and O–H groups in total. The van der Waals surface area contributed by atoms with Gasteiger partial charge in [0.15, 0.2) is 5.76 Å². The Balaban J connectivity index is 2.13. The van der Waals surface area contributed by atoms with Gasteiger partial charge in [-0.3, -0.25) is 4.79 Å². The Kier molecular flexibility index (Phi) is 5.05. The Labute approximate surface area is 126 Å². The van der Waals surface area contributed by atoms with E-state index in [1.807, 2.05) is 31.2 Å². The van der Waals surface area contributed by atoms with Crippen LogP contribution in [-0.4, -0.2) is 11.9 Å². The van der Waals surface area contributed by atoms with E-state index in [2.05, 4.69) is 26.1 Å². The lowest BCUT2D eigenvalue weighted by atomic mass is 10.00. The molecule has 0 aliphatic carbocycles. The Morgan fingerprint density at radius 1 is 1.29 bits per heavy atom. The third-order valence-electron chi connectivity index (χ3n) is 3.62. The number of amides is 1. The highest BCUT2D eigenvalue weighted by Gasteiger charge is 2.17. The first-order valence-corrected chi connectivity index (χ1v) is 7.80. The molecule has 0 fully saturated rings. The number of nitrogens with one attached hydrogen (secondary N) is 1. The molecule has 114 valence electrons. The third-order valence-corrected chi connectivity index (χ3v) is 3.62. The molecular formula is C18H25NO2. The minimum absolute atomic E-state index is 0.108. The molecule has 0 saturated heterocycles. The first-order chi connectivity index (χ1) is 9.99. The number of benzene rings is 1. The SMILES string of the molecule is CCCC(CC(C)C)NC(=O)c1cc2cc(C)ccc2o1. The highest BCUT2D eigenvalue weighted by Crippen LogP contribution is 2.21. The van der Waals surface area contributed by atoms with Crippen LogP contribution in [0.2, 0.25) is 0 Å². The molecule has 1 aromatic heterocycles. The Hall–Kier alpha value is -1.77. The van der Waals surface area contributed by atoms with E-state index in [0.717, 1.165) is 30.2 Å². The molecule has 0 radical (unpaired) electrons. The van der Waals surface area contributed by atoms with Gasteiger partial charge < -0.3 is 9.73 Å².